The van der Waals surface area contributed by atoms with Crippen LogP contribution in [-0.4, -0.2) is 6.61 Å². The van der Waals surface area contributed by atoms with Crippen LogP contribution in [0.5, 0.6) is 11.5 Å². The fourth-order valence-electron chi connectivity index (χ4n) is 3.02. The van der Waals surface area contributed by atoms with Gasteiger partial charge in [-0.3, -0.25) is 0 Å². The van der Waals surface area contributed by atoms with Crippen molar-refractivity contribution in [1.29, 1.82) is 0 Å². The van der Waals surface area contributed by atoms with Gasteiger partial charge in [-0.25, -0.2) is 0 Å². The Kier molecular flexibility index (Phi) is 7.45. The lowest BCUT2D eigenvalue weighted by Crippen LogP contribution is -2.05. The summed E-state index contributed by atoms with van der Waals surface area (Å²) in [6.07, 6.45) is 0. The van der Waals surface area contributed by atoms with Gasteiger partial charge in [-0.15, -0.1) is 0 Å². The van der Waals surface area contributed by atoms with Crippen LogP contribution in [0.25, 0.3) is 0 Å². The number of hydrogen-bond donors (Lipinski definition) is 1. The van der Waals surface area contributed by atoms with Gasteiger partial charge in [0.2, 0.25) is 0 Å². The first-order chi connectivity index (χ1) is 14.0. The SMILES string of the molecule is CCOc1cc(CNc2cc(C)ccc2C)cc(Br)c1OCc1ccccc1Cl. The van der Waals surface area contributed by atoms with Gasteiger partial charge in [0.15, 0.2) is 11.5 Å². The summed E-state index contributed by atoms with van der Waals surface area (Å²) in [7, 11) is 0. The third kappa shape index (κ3) is 5.68. The molecule has 3 rings (SSSR count). The van der Waals surface area contributed by atoms with Crippen LogP contribution in [0.15, 0.2) is 59.1 Å². The zero-order chi connectivity index (χ0) is 20.8. The lowest BCUT2D eigenvalue weighted by atomic mass is 10.1. The Balaban J connectivity index is 1.78. The van der Waals surface area contributed by atoms with Crippen LogP contribution in [0.1, 0.15) is 29.2 Å². The maximum atomic E-state index is 6.25. The first-order valence-corrected chi connectivity index (χ1v) is 10.8. The highest BCUT2D eigenvalue weighted by atomic mass is 79.9. The molecule has 0 unspecified atom stereocenters. The fourth-order valence-corrected chi connectivity index (χ4v) is 3.81. The standard InChI is InChI=1S/C24H25BrClNO2/c1-4-28-23-13-18(14-27-22-11-16(2)9-10-17(22)3)12-20(25)24(23)29-15-19-7-5-6-8-21(19)26/h5-13,27H,4,14-15H2,1-3H3. The van der Waals surface area contributed by atoms with Crippen molar-refractivity contribution in [3.63, 3.8) is 0 Å². The monoisotopic (exact) mass is 473 g/mol. The maximum absolute atomic E-state index is 6.25. The van der Waals surface area contributed by atoms with Gasteiger partial charge in [0.05, 0.1) is 11.1 Å². The fraction of sp³-hybridized carbons (Fsp3) is 0.250. The summed E-state index contributed by atoms with van der Waals surface area (Å²) in [5, 5.41) is 4.21. The number of rotatable bonds is 8. The summed E-state index contributed by atoms with van der Waals surface area (Å²) in [4.78, 5) is 0. The molecule has 0 aromatic heterocycles. The van der Waals surface area contributed by atoms with Crippen molar-refractivity contribution in [2.24, 2.45) is 0 Å². The highest BCUT2D eigenvalue weighted by Crippen LogP contribution is 2.38. The molecule has 0 amide bonds. The predicted molar refractivity (Wildman–Crippen MR) is 124 cm³/mol. The predicted octanol–water partition coefficient (Wildman–Crippen LogP) is 7.31. The Morgan fingerprint density at radius 1 is 1.00 bits per heavy atom. The van der Waals surface area contributed by atoms with Gasteiger partial charge < -0.3 is 14.8 Å². The number of benzene rings is 3. The average molecular weight is 475 g/mol. The normalized spacial score (nSPS) is 10.7. The van der Waals surface area contributed by atoms with Crippen LogP contribution in [0, 0.1) is 13.8 Å². The molecule has 3 aromatic rings. The van der Waals surface area contributed by atoms with Crippen LogP contribution in [0.3, 0.4) is 0 Å². The molecule has 152 valence electrons. The summed E-state index contributed by atoms with van der Waals surface area (Å²) in [5.41, 5.74) is 5.63. The molecule has 0 saturated heterocycles. The summed E-state index contributed by atoms with van der Waals surface area (Å²) in [5.74, 6) is 1.40. The number of halogens is 2. The molecule has 3 nitrogen and oxygen atoms in total. The van der Waals surface area contributed by atoms with Gasteiger partial charge in [-0.05, 0) is 77.7 Å². The third-order valence-corrected chi connectivity index (χ3v) is 5.53. The summed E-state index contributed by atoms with van der Waals surface area (Å²) >= 11 is 9.90. The molecule has 0 fully saturated rings. The molecule has 1 N–H and O–H groups in total. The van der Waals surface area contributed by atoms with E-state index in [1.165, 1.54) is 11.1 Å². The van der Waals surface area contributed by atoms with Crippen LogP contribution >= 0.6 is 27.5 Å². The lowest BCUT2D eigenvalue weighted by Gasteiger charge is -2.17. The highest BCUT2D eigenvalue weighted by Gasteiger charge is 2.13. The number of nitrogens with one attached hydrogen (secondary N) is 1. The van der Waals surface area contributed by atoms with Crippen molar-refractivity contribution >= 4 is 33.2 Å². The van der Waals surface area contributed by atoms with Gasteiger partial charge in [-0.2, -0.15) is 0 Å². The number of ether oxygens (including phenoxy) is 2. The van der Waals surface area contributed by atoms with Crippen molar-refractivity contribution < 1.29 is 9.47 Å². The lowest BCUT2D eigenvalue weighted by molar-refractivity contribution is 0.267. The second-order valence-electron chi connectivity index (χ2n) is 6.89. The first kappa shape index (κ1) is 21.5. The smallest absolute Gasteiger partial charge is 0.175 e. The average Bonchev–Trinajstić information content (AvgIpc) is 2.69. The third-order valence-electron chi connectivity index (χ3n) is 4.58. The molecule has 0 spiro atoms. The topological polar surface area (TPSA) is 30.5 Å². The van der Waals surface area contributed by atoms with Gasteiger partial charge in [0, 0.05) is 22.8 Å². The second kappa shape index (κ2) is 10.0. The maximum Gasteiger partial charge on any atom is 0.175 e. The summed E-state index contributed by atoms with van der Waals surface area (Å²) < 4.78 is 12.8. The largest absolute Gasteiger partial charge is 0.490 e. The van der Waals surface area contributed by atoms with Crippen LogP contribution < -0.4 is 14.8 Å². The van der Waals surface area contributed by atoms with E-state index in [1.807, 2.05) is 37.3 Å². The molecular formula is C24H25BrClNO2. The van der Waals surface area contributed by atoms with Crippen molar-refractivity contribution in [3.8, 4) is 11.5 Å². The van der Waals surface area contributed by atoms with Gasteiger partial charge in [0.1, 0.15) is 6.61 Å². The van der Waals surface area contributed by atoms with Crippen LogP contribution in [0.4, 0.5) is 5.69 Å². The zero-order valence-corrected chi connectivity index (χ0v) is 19.2. The van der Waals surface area contributed by atoms with E-state index >= 15 is 0 Å². The Bertz CT molecular complexity index is 991. The zero-order valence-electron chi connectivity index (χ0n) is 16.9. The molecule has 0 atom stereocenters. The van der Waals surface area contributed by atoms with Crippen LogP contribution in [0.2, 0.25) is 5.02 Å². The Morgan fingerprint density at radius 2 is 1.79 bits per heavy atom. The number of aryl methyl sites for hydroxylation is 2. The molecule has 0 aliphatic carbocycles. The van der Waals surface area contributed by atoms with E-state index in [9.17, 15) is 0 Å². The van der Waals surface area contributed by atoms with E-state index in [0.717, 1.165) is 21.3 Å². The molecule has 0 aliphatic heterocycles. The van der Waals surface area contributed by atoms with E-state index in [0.29, 0.717) is 36.3 Å². The van der Waals surface area contributed by atoms with Crippen molar-refractivity contribution in [3.05, 3.63) is 86.3 Å². The number of hydrogen-bond acceptors (Lipinski definition) is 3. The molecule has 0 saturated carbocycles. The Morgan fingerprint density at radius 3 is 2.55 bits per heavy atom. The van der Waals surface area contributed by atoms with E-state index in [4.69, 9.17) is 21.1 Å². The van der Waals surface area contributed by atoms with Crippen molar-refractivity contribution in [2.45, 2.75) is 33.9 Å². The number of anilines is 1. The summed E-state index contributed by atoms with van der Waals surface area (Å²) in [6, 6.07) is 18.2. The minimum Gasteiger partial charge on any atom is -0.490 e. The Labute approximate surface area is 186 Å². The minimum atomic E-state index is 0.373. The van der Waals surface area contributed by atoms with Crippen molar-refractivity contribution in [1.82, 2.24) is 0 Å². The van der Waals surface area contributed by atoms with Gasteiger partial charge in [-0.1, -0.05) is 41.9 Å². The van der Waals surface area contributed by atoms with E-state index < -0.39 is 0 Å². The summed E-state index contributed by atoms with van der Waals surface area (Å²) in [6.45, 7) is 7.79. The molecule has 5 heteroatoms. The first-order valence-electron chi connectivity index (χ1n) is 9.60. The molecular weight excluding hydrogens is 450 g/mol. The van der Waals surface area contributed by atoms with E-state index in [2.05, 4.69) is 59.4 Å². The molecule has 0 radical (unpaired) electrons. The highest BCUT2D eigenvalue weighted by molar-refractivity contribution is 9.10. The second-order valence-corrected chi connectivity index (χ2v) is 8.15. The molecule has 0 heterocycles. The molecule has 0 bridgehead atoms. The molecule has 0 aliphatic rings. The Hall–Kier alpha value is -2.17. The molecule has 29 heavy (non-hydrogen) atoms. The quantitative estimate of drug-likeness (QED) is 0.371. The molecule has 3 aromatic carbocycles. The van der Waals surface area contributed by atoms with Gasteiger partial charge >= 0.3 is 0 Å². The van der Waals surface area contributed by atoms with Crippen molar-refractivity contribution in [2.75, 3.05) is 11.9 Å². The van der Waals surface area contributed by atoms with E-state index in [1.54, 1.807) is 0 Å². The van der Waals surface area contributed by atoms with Gasteiger partial charge in [0.25, 0.3) is 0 Å². The van der Waals surface area contributed by atoms with E-state index in [-0.39, 0.29) is 0 Å². The minimum absolute atomic E-state index is 0.373. The van der Waals surface area contributed by atoms with Crippen LogP contribution in [-0.2, 0) is 13.2 Å².